The zero-order chi connectivity index (χ0) is 20.2. The second-order valence-corrected chi connectivity index (χ2v) is 7.83. The van der Waals surface area contributed by atoms with E-state index in [2.05, 4.69) is 95.6 Å². The molecule has 0 spiro atoms. The maximum absolute atomic E-state index is 6.20. The fourth-order valence-electron chi connectivity index (χ4n) is 4.27. The quantitative estimate of drug-likeness (QED) is 0.386. The molecule has 3 nitrogen and oxygen atoms in total. The number of hydrogen-bond donors (Lipinski definition) is 0. The Bertz CT molecular complexity index is 1080. The lowest BCUT2D eigenvalue weighted by atomic mass is 10.0. The first-order chi connectivity index (χ1) is 14.9. The van der Waals surface area contributed by atoms with E-state index < -0.39 is 0 Å². The Morgan fingerprint density at radius 2 is 1.40 bits per heavy atom. The van der Waals surface area contributed by atoms with Gasteiger partial charge in [-0.05, 0) is 24.8 Å². The monoisotopic (exact) mass is 394 g/mol. The SMILES string of the molecule is c1ccc(Cn2c([C@H]3CCCCO3)nc(-c3ccccc3)c2-c2ccccc2)cc1. The maximum Gasteiger partial charge on any atom is 0.139 e. The van der Waals surface area contributed by atoms with Crippen LogP contribution in [0.4, 0.5) is 0 Å². The van der Waals surface area contributed by atoms with Crippen LogP contribution in [-0.4, -0.2) is 16.2 Å². The molecule has 0 saturated carbocycles. The molecule has 1 atom stereocenters. The van der Waals surface area contributed by atoms with Gasteiger partial charge in [-0.15, -0.1) is 0 Å². The largest absolute Gasteiger partial charge is 0.370 e. The standard InChI is InChI=1S/C27H26N2O/c1-4-12-21(13-5-1)20-29-26(23-16-8-3-9-17-23)25(22-14-6-2-7-15-22)28-27(29)24-18-10-11-19-30-24/h1-9,12-17,24H,10-11,18-20H2/t24-/m1/s1. The molecule has 3 heteroatoms. The van der Waals surface area contributed by atoms with Crippen molar-refractivity contribution in [2.24, 2.45) is 0 Å². The minimum atomic E-state index is 0.0439. The van der Waals surface area contributed by atoms with E-state index in [0.29, 0.717) is 0 Å². The van der Waals surface area contributed by atoms with Crippen LogP contribution in [0.15, 0.2) is 91.0 Å². The summed E-state index contributed by atoms with van der Waals surface area (Å²) in [6, 6.07) is 31.8. The zero-order valence-electron chi connectivity index (χ0n) is 17.1. The van der Waals surface area contributed by atoms with Crippen molar-refractivity contribution in [3.63, 3.8) is 0 Å². The van der Waals surface area contributed by atoms with Crippen LogP contribution in [0, 0.1) is 0 Å². The van der Waals surface area contributed by atoms with E-state index in [1.165, 1.54) is 17.5 Å². The molecule has 3 aromatic carbocycles. The van der Waals surface area contributed by atoms with E-state index in [1.807, 2.05) is 0 Å². The second-order valence-electron chi connectivity index (χ2n) is 7.83. The van der Waals surface area contributed by atoms with Gasteiger partial charge in [0.05, 0.1) is 11.4 Å². The number of nitrogens with zero attached hydrogens (tertiary/aromatic N) is 2. The predicted molar refractivity (Wildman–Crippen MR) is 121 cm³/mol. The van der Waals surface area contributed by atoms with Gasteiger partial charge in [0.15, 0.2) is 0 Å². The van der Waals surface area contributed by atoms with Crippen molar-refractivity contribution in [1.82, 2.24) is 9.55 Å². The van der Waals surface area contributed by atoms with Crippen LogP contribution in [0.5, 0.6) is 0 Å². The van der Waals surface area contributed by atoms with Crippen LogP contribution < -0.4 is 0 Å². The molecule has 0 bridgehead atoms. The van der Waals surface area contributed by atoms with E-state index in [0.717, 1.165) is 48.8 Å². The van der Waals surface area contributed by atoms with Gasteiger partial charge in [0.25, 0.3) is 0 Å². The van der Waals surface area contributed by atoms with Gasteiger partial charge in [-0.3, -0.25) is 0 Å². The van der Waals surface area contributed by atoms with Crippen molar-refractivity contribution in [2.45, 2.75) is 31.9 Å². The average molecular weight is 395 g/mol. The molecular weight excluding hydrogens is 368 g/mol. The van der Waals surface area contributed by atoms with E-state index in [1.54, 1.807) is 0 Å². The van der Waals surface area contributed by atoms with Gasteiger partial charge < -0.3 is 9.30 Å². The Kier molecular flexibility index (Phi) is 5.45. The smallest absolute Gasteiger partial charge is 0.139 e. The molecule has 1 fully saturated rings. The van der Waals surface area contributed by atoms with Crippen molar-refractivity contribution in [3.8, 4) is 22.5 Å². The lowest BCUT2D eigenvalue weighted by Crippen LogP contribution is -2.17. The van der Waals surface area contributed by atoms with E-state index in [-0.39, 0.29) is 6.10 Å². The molecule has 0 unspecified atom stereocenters. The van der Waals surface area contributed by atoms with Crippen LogP contribution in [0.2, 0.25) is 0 Å². The molecule has 1 aliphatic heterocycles. The highest BCUT2D eigenvalue weighted by molar-refractivity contribution is 5.79. The molecular formula is C27H26N2O. The van der Waals surface area contributed by atoms with Gasteiger partial charge in [-0.2, -0.15) is 0 Å². The molecule has 150 valence electrons. The molecule has 0 aliphatic carbocycles. The summed E-state index contributed by atoms with van der Waals surface area (Å²) in [7, 11) is 0. The van der Waals surface area contributed by atoms with E-state index in [9.17, 15) is 0 Å². The minimum absolute atomic E-state index is 0.0439. The van der Waals surface area contributed by atoms with Crippen LogP contribution in [0.25, 0.3) is 22.5 Å². The highest BCUT2D eigenvalue weighted by Gasteiger charge is 2.27. The van der Waals surface area contributed by atoms with E-state index >= 15 is 0 Å². The molecule has 30 heavy (non-hydrogen) atoms. The highest BCUT2D eigenvalue weighted by atomic mass is 16.5. The lowest BCUT2D eigenvalue weighted by molar-refractivity contribution is 0.00769. The molecule has 1 aromatic heterocycles. The molecule has 0 radical (unpaired) electrons. The number of benzene rings is 3. The third-order valence-corrected chi connectivity index (χ3v) is 5.74. The van der Waals surface area contributed by atoms with E-state index in [4.69, 9.17) is 9.72 Å². The van der Waals surface area contributed by atoms with Crippen molar-refractivity contribution < 1.29 is 4.74 Å². The summed E-state index contributed by atoms with van der Waals surface area (Å²) in [5.74, 6) is 1.04. The Labute approximate surface area is 178 Å². The minimum Gasteiger partial charge on any atom is -0.370 e. The number of hydrogen-bond acceptors (Lipinski definition) is 2. The van der Waals surface area contributed by atoms with Crippen LogP contribution in [0.1, 0.15) is 36.8 Å². The van der Waals surface area contributed by atoms with Crippen LogP contribution in [0.3, 0.4) is 0 Å². The van der Waals surface area contributed by atoms with Crippen LogP contribution >= 0.6 is 0 Å². The summed E-state index contributed by atoms with van der Waals surface area (Å²) >= 11 is 0. The topological polar surface area (TPSA) is 27.1 Å². The second kappa shape index (κ2) is 8.68. The van der Waals surface area contributed by atoms with Crippen molar-refractivity contribution in [2.75, 3.05) is 6.61 Å². The molecule has 2 heterocycles. The van der Waals surface area contributed by atoms with Crippen LogP contribution in [-0.2, 0) is 11.3 Å². The van der Waals surface area contributed by atoms with Gasteiger partial charge in [0.1, 0.15) is 11.9 Å². The maximum atomic E-state index is 6.20. The fraction of sp³-hybridized carbons (Fsp3) is 0.222. The summed E-state index contributed by atoms with van der Waals surface area (Å²) in [6.45, 7) is 1.59. The number of aromatic nitrogens is 2. The molecule has 1 saturated heterocycles. The number of imidazole rings is 1. The first-order valence-corrected chi connectivity index (χ1v) is 10.8. The summed E-state index contributed by atoms with van der Waals surface area (Å²) in [4.78, 5) is 5.21. The average Bonchev–Trinajstić information content (AvgIpc) is 3.20. The first kappa shape index (κ1) is 18.8. The molecule has 4 aromatic rings. The first-order valence-electron chi connectivity index (χ1n) is 10.8. The summed E-state index contributed by atoms with van der Waals surface area (Å²) < 4.78 is 8.58. The Hall–Kier alpha value is -3.17. The fourth-order valence-corrected chi connectivity index (χ4v) is 4.27. The van der Waals surface area contributed by atoms with Crippen molar-refractivity contribution in [3.05, 3.63) is 102 Å². The van der Waals surface area contributed by atoms with Gasteiger partial charge in [-0.25, -0.2) is 4.98 Å². The number of ether oxygens (including phenoxy) is 1. The van der Waals surface area contributed by atoms with Gasteiger partial charge in [-0.1, -0.05) is 91.0 Å². The van der Waals surface area contributed by atoms with Gasteiger partial charge >= 0.3 is 0 Å². The Morgan fingerprint density at radius 1 is 0.767 bits per heavy atom. The molecule has 0 amide bonds. The molecule has 0 N–H and O–H groups in total. The van der Waals surface area contributed by atoms with Gasteiger partial charge in [0.2, 0.25) is 0 Å². The molecule has 1 aliphatic rings. The summed E-state index contributed by atoms with van der Waals surface area (Å²) in [5, 5.41) is 0. The summed E-state index contributed by atoms with van der Waals surface area (Å²) in [5.41, 5.74) is 5.78. The van der Waals surface area contributed by atoms with Crippen molar-refractivity contribution in [1.29, 1.82) is 0 Å². The normalized spacial score (nSPS) is 16.5. The predicted octanol–water partition coefficient (Wildman–Crippen LogP) is 6.51. The van der Waals surface area contributed by atoms with Crippen molar-refractivity contribution >= 4 is 0 Å². The Morgan fingerprint density at radius 3 is 2.03 bits per heavy atom. The zero-order valence-corrected chi connectivity index (χ0v) is 17.1. The Balaban J connectivity index is 1.72. The van der Waals surface area contributed by atoms with Gasteiger partial charge in [0, 0.05) is 24.3 Å². The molecule has 5 rings (SSSR count). The highest BCUT2D eigenvalue weighted by Crippen LogP contribution is 2.38. The third kappa shape index (κ3) is 3.81. The third-order valence-electron chi connectivity index (χ3n) is 5.74. The lowest BCUT2D eigenvalue weighted by Gasteiger charge is -2.23. The number of rotatable bonds is 5. The summed E-state index contributed by atoms with van der Waals surface area (Å²) in [6.07, 6.45) is 3.38.